The van der Waals surface area contributed by atoms with Gasteiger partial charge in [0.15, 0.2) is 0 Å². The predicted molar refractivity (Wildman–Crippen MR) is 93.2 cm³/mol. The molecule has 0 fully saturated rings. The van der Waals surface area contributed by atoms with Crippen LogP contribution in [0.3, 0.4) is 0 Å². The molecule has 2 aromatic carbocycles. The van der Waals surface area contributed by atoms with E-state index in [4.69, 9.17) is 15.5 Å². The van der Waals surface area contributed by atoms with E-state index in [1.165, 1.54) is 0 Å². The molecule has 3 nitrogen and oxygen atoms in total. The number of nitrogen functional groups attached to an aromatic ring is 1. The molecule has 0 unspecified atom stereocenters. The molecule has 0 atom stereocenters. The van der Waals surface area contributed by atoms with E-state index in [1.54, 1.807) is 11.3 Å². The van der Waals surface area contributed by atoms with Crippen LogP contribution in [0.1, 0.15) is 13.8 Å². The van der Waals surface area contributed by atoms with Gasteiger partial charge in [-0.2, -0.15) is 0 Å². The summed E-state index contributed by atoms with van der Waals surface area (Å²) in [7, 11) is 0. The van der Waals surface area contributed by atoms with Crippen molar-refractivity contribution in [2.75, 3.05) is 5.73 Å². The van der Waals surface area contributed by atoms with Gasteiger partial charge in [-0.3, -0.25) is 0 Å². The highest BCUT2D eigenvalue weighted by atomic mass is 32.1. The average molecular weight is 310 g/mol. The van der Waals surface area contributed by atoms with Crippen LogP contribution in [0.4, 0.5) is 5.69 Å². The number of thiazole rings is 1. The molecule has 0 aliphatic carbocycles. The van der Waals surface area contributed by atoms with Gasteiger partial charge in [0.05, 0.1) is 11.8 Å². The fraction of sp³-hybridized carbons (Fsp3) is 0.167. The van der Waals surface area contributed by atoms with E-state index >= 15 is 0 Å². The number of ether oxygens (including phenoxy) is 1. The van der Waals surface area contributed by atoms with Crippen LogP contribution >= 0.6 is 11.3 Å². The first-order chi connectivity index (χ1) is 10.6. The zero-order chi connectivity index (χ0) is 15.5. The quantitative estimate of drug-likeness (QED) is 0.701. The van der Waals surface area contributed by atoms with Crippen LogP contribution < -0.4 is 10.5 Å². The lowest BCUT2D eigenvalue weighted by Crippen LogP contribution is -2.05. The van der Waals surface area contributed by atoms with Gasteiger partial charge in [-0.1, -0.05) is 12.1 Å². The van der Waals surface area contributed by atoms with Crippen molar-refractivity contribution in [3.8, 4) is 27.6 Å². The lowest BCUT2D eigenvalue weighted by atomic mass is 10.1. The Kier molecular flexibility index (Phi) is 4.11. The maximum Gasteiger partial charge on any atom is 0.124 e. The summed E-state index contributed by atoms with van der Waals surface area (Å²) in [5.41, 5.74) is 9.70. The van der Waals surface area contributed by atoms with Crippen molar-refractivity contribution in [3.05, 3.63) is 53.9 Å². The second-order valence-electron chi connectivity index (χ2n) is 5.35. The molecule has 0 aliphatic rings. The van der Waals surface area contributed by atoms with Crippen LogP contribution in [-0.4, -0.2) is 11.1 Å². The van der Waals surface area contributed by atoms with Crippen LogP contribution in [-0.2, 0) is 0 Å². The minimum atomic E-state index is 0.181. The lowest BCUT2D eigenvalue weighted by molar-refractivity contribution is 0.242. The van der Waals surface area contributed by atoms with Gasteiger partial charge in [0.2, 0.25) is 0 Å². The SMILES string of the molecule is CC(C)Oc1ccc(-c2csc(-c3cccc(N)c3)n2)cc1. The minimum absolute atomic E-state index is 0.181. The van der Waals surface area contributed by atoms with Crippen molar-refractivity contribution in [3.63, 3.8) is 0 Å². The highest BCUT2D eigenvalue weighted by Crippen LogP contribution is 2.30. The molecule has 1 aromatic heterocycles. The average Bonchev–Trinajstić information content (AvgIpc) is 2.97. The molecule has 0 saturated heterocycles. The smallest absolute Gasteiger partial charge is 0.124 e. The number of nitrogens with zero attached hydrogens (tertiary/aromatic N) is 1. The summed E-state index contributed by atoms with van der Waals surface area (Å²) >= 11 is 1.62. The number of rotatable bonds is 4. The van der Waals surface area contributed by atoms with E-state index in [-0.39, 0.29) is 6.10 Å². The molecule has 2 N–H and O–H groups in total. The number of benzene rings is 2. The maximum absolute atomic E-state index is 5.83. The van der Waals surface area contributed by atoms with Gasteiger partial charge in [0.25, 0.3) is 0 Å². The monoisotopic (exact) mass is 310 g/mol. The first kappa shape index (κ1) is 14.6. The third-order valence-electron chi connectivity index (χ3n) is 3.16. The van der Waals surface area contributed by atoms with Crippen molar-refractivity contribution < 1.29 is 4.74 Å². The molecule has 4 heteroatoms. The predicted octanol–water partition coefficient (Wildman–Crippen LogP) is 4.85. The highest BCUT2D eigenvalue weighted by Gasteiger charge is 2.07. The van der Waals surface area contributed by atoms with E-state index in [1.807, 2.05) is 62.4 Å². The molecular weight excluding hydrogens is 292 g/mol. The topological polar surface area (TPSA) is 48.1 Å². The molecule has 0 radical (unpaired) electrons. The Morgan fingerprint density at radius 1 is 1.05 bits per heavy atom. The van der Waals surface area contributed by atoms with Crippen LogP contribution in [0.15, 0.2) is 53.9 Å². The Morgan fingerprint density at radius 3 is 2.50 bits per heavy atom. The summed E-state index contributed by atoms with van der Waals surface area (Å²) in [6.07, 6.45) is 0.181. The fourth-order valence-corrected chi connectivity index (χ4v) is 3.01. The van der Waals surface area contributed by atoms with Crippen LogP contribution in [0, 0.1) is 0 Å². The van der Waals surface area contributed by atoms with E-state index in [0.717, 1.165) is 33.3 Å². The van der Waals surface area contributed by atoms with Gasteiger partial charge >= 0.3 is 0 Å². The van der Waals surface area contributed by atoms with Crippen molar-refractivity contribution in [1.29, 1.82) is 0 Å². The highest BCUT2D eigenvalue weighted by molar-refractivity contribution is 7.13. The number of hydrogen-bond acceptors (Lipinski definition) is 4. The fourth-order valence-electron chi connectivity index (χ4n) is 2.19. The Balaban J connectivity index is 1.84. The third-order valence-corrected chi connectivity index (χ3v) is 4.05. The van der Waals surface area contributed by atoms with Crippen molar-refractivity contribution in [2.45, 2.75) is 20.0 Å². The molecule has 0 bridgehead atoms. The van der Waals surface area contributed by atoms with Gasteiger partial charge in [0, 0.05) is 22.2 Å². The number of aromatic nitrogens is 1. The maximum atomic E-state index is 5.83. The van der Waals surface area contributed by atoms with E-state index in [0.29, 0.717) is 0 Å². The Hall–Kier alpha value is -2.33. The molecule has 0 aliphatic heterocycles. The summed E-state index contributed by atoms with van der Waals surface area (Å²) in [5, 5.41) is 3.04. The summed E-state index contributed by atoms with van der Waals surface area (Å²) in [5.74, 6) is 0.880. The Bertz CT molecular complexity index is 763. The number of hydrogen-bond donors (Lipinski definition) is 1. The van der Waals surface area contributed by atoms with Gasteiger partial charge in [-0.25, -0.2) is 4.98 Å². The second kappa shape index (κ2) is 6.20. The first-order valence-corrected chi connectivity index (χ1v) is 8.08. The Morgan fingerprint density at radius 2 is 1.82 bits per heavy atom. The lowest BCUT2D eigenvalue weighted by Gasteiger charge is -2.09. The van der Waals surface area contributed by atoms with Crippen LogP contribution in [0.25, 0.3) is 21.8 Å². The molecule has 0 spiro atoms. The zero-order valence-corrected chi connectivity index (χ0v) is 13.4. The summed E-state index contributed by atoms with van der Waals surface area (Å²) in [4.78, 5) is 4.70. The van der Waals surface area contributed by atoms with Gasteiger partial charge in [0.1, 0.15) is 10.8 Å². The van der Waals surface area contributed by atoms with E-state index in [2.05, 4.69) is 5.38 Å². The first-order valence-electron chi connectivity index (χ1n) is 7.20. The normalized spacial score (nSPS) is 10.9. The van der Waals surface area contributed by atoms with Crippen molar-refractivity contribution >= 4 is 17.0 Å². The van der Waals surface area contributed by atoms with Crippen LogP contribution in [0.5, 0.6) is 5.75 Å². The largest absolute Gasteiger partial charge is 0.491 e. The molecule has 0 saturated carbocycles. The van der Waals surface area contributed by atoms with E-state index < -0.39 is 0 Å². The molecule has 22 heavy (non-hydrogen) atoms. The second-order valence-corrected chi connectivity index (χ2v) is 6.21. The van der Waals surface area contributed by atoms with Crippen molar-refractivity contribution in [2.24, 2.45) is 0 Å². The van der Waals surface area contributed by atoms with Gasteiger partial charge < -0.3 is 10.5 Å². The molecule has 0 amide bonds. The number of anilines is 1. The molecule has 3 rings (SSSR count). The summed E-state index contributed by atoms with van der Waals surface area (Å²) < 4.78 is 5.66. The molecule has 1 heterocycles. The summed E-state index contributed by atoms with van der Waals surface area (Å²) in [6.45, 7) is 4.04. The van der Waals surface area contributed by atoms with E-state index in [9.17, 15) is 0 Å². The standard InChI is InChI=1S/C18H18N2OS/c1-12(2)21-16-8-6-13(7-9-16)17-11-22-18(20-17)14-4-3-5-15(19)10-14/h3-12H,19H2,1-2H3. The van der Waals surface area contributed by atoms with Crippen molar-refractivity contribution in [1.82, 2.24) is 4.98 Å². The molecule has 112 valence electrons. The third kappa shape index (κ3) is 3.28. The molecular formula is C18H18N2OS. The Labute approximate surface area is 134 Å². The molecule has 3 aromatic rings. The minimum Gasteiger partial charge on any atom is -0.491 e. The number of nitrogens with two attached hydrogens (primary N) is 1. The zero-order valence-electron chi connectivity index (χ0n) is 12.6. The van der Waals surface area contributed by atoms with Gasteiger partial charge in [-0.15, -0.1) is 11.3 Å². The van der Waals surface area contributed by atoms with Gasteiger partial charge in [-0.05, 0) is 50.2 Å². The summed E-state index contributed by atoms with van der Waals surface area (Å²) in [6, 6.07) is 15.8. The van der Waals surface area contributed by atoms with Crippen LogP contribution in [0.2, 0.25) is 0 Å².